The number of ether oxygens (including phenoxy) is 1. The van der Waals surface area contributed by atoms with E-state index in [-0.39, 0.29) is 16.9 Å². The molecule has 0 spiro atoms. The van der Waals surface area contributed by atoms with Crippen molar-refractivity contribution < 1.29 is 97.3 Å². The molecule has 0 N–H and O–H groups in total. The largest absolute Gasteiger partial charge is 0.427 e. The Morgan fingerprint density at radius 2 is 0.732 bits per heavy atom. The van der Waals surface area contributed by atoms with Gasteiger partial charge in [-0.15, -0.1) is 21.9 Å². The van der Waals surface area contributed by atoms with Gasteiger partial charge in [-0.2, -0.15) is 0 Å². The molecule has 0 aliphatic heterocycles. The van der Waals surface area contributed by atoms with Crippen LogP contribution in [-0.2, 0) is 22.1 Å². The van der Waals surface area contributed by atoms with E-state index >= 15 is 35.1 Å². The van der Waals surface area contributed by atoms with Gasteiger partial charge >= 0.3 is 5.97 Å². The molecule has 1 atom stereocenters. The Labute approximate surface area is 389 Å². The molecule has 0 saturated carbocycles. The van der Waals surface area contributed by atoms with Crippen LogP contribution < -0.4 is 26.6 Å². The van der Waals surface area contributed by atoms with Crippen molar-refractivity contribution in [2.75, 3.05) is 5.75 Å². The number of carbonyl (C=O) groups excluding carboxylic acids is 1. The van der Waals surface area contributed by atoms with Crippen LogP contribution in [0.15, 0.2) is 88.7 Å². The van der Waals surface area contributed by atoms with Crippen LogP contribution in [0.5, 0.6) is 5.75 Å². The van der Waals surface area contributed by atoms with Crippen LogP contribution in [0.1, 0.15) is 18.1 Å². The average Bonchev–Trinajstić information content (AvgIpc) is 3.34. The molecule has 0 aromatic heterocycles. The lowest BCUT2D eigenvalue weighted by Gasteiger charge is -2.44. The van der Waals surface area contributed by atoms with Gasteiger partial charge in [0.15, 0.2) is 79.6 Å². The third-order valence-corrected chi connectivity index (χ3v) is 13.1. The summed E-state index contributed by atoms with van der Waals surface area (Å²) in [7, 11) is -0.0235. The van der Waals surface area contributed by atoms with Crippen molar-refractivity contribution in [2.24, 2.45) is 0 Å². The van der Waals surface area contributed by atoms with Crippen molar-refractivity contribution in [3.8, 4) is 5.75 Å². The first-order valence-electron chi connectivity index (χ1n) is 19.7. The Hall–Kier alpha value is -6.98. The third-order valence-electron chi connectivity index (χ3n) is 10.8. The normalized spacial score (nSPS) is 11.9. The maximum absolute atomic E-state index is 15.4. The summed E-state index contributed by atoms with van der Waals surface area (Å²) in [4.78, 5) is 13.7. The number of carbonyl (C=O) groups is 1. The Bertz CT molecular complexity index is 2850. The Morgan fingerprint density at radius 3 is 1.04 bits per heavy atom. The van der Waals surface area contributed by atoms with E-state index in [4.69, 9.17) is 4.74 Å². The first-order valence-corrected chi connectivity index (χ1v) is 21.0. The molecule has 0 aliphatic rings. The Kier molecular flexibility index (Phi) is 15.6. The van der Waals surface area contributed by atoms with E-state index in [1.54, 1.807) is 0 Å². The van der Waals surface area contributed by atoms with Crippen LogP contribution in [0, 0.1) is 123 Å². The van der Waals surface area contributed by atoms with Gasteiger partial charge < -0.3 is 4.74 Å². The van der Waals surface area contributed by atoms with Crippen molar-refractivity contribution in [1.82, 2.24) is 0 Å². The summed E-state index contributed by atoms with van der Waals surface area (Å²) < 4.78 is 299. The number of halogens is 20. The van der Waals surface area contributed by atoms with E-state index in [0.29, 0.717) is 5.75 Å². The number of aryl methyl sites for hydroxylation is 2. The lowest BCUT2D eigenvalue weighted by Crippen LogP contribution is -2.81. The lowest BCUT2D eigenvalue weighted by atomic mass is 9.12. The lowest BCUT2D eigenvalue weighted by molar-refractivity contribution is -0.131. The van der Waals surface area contributed by atoms with Gasteiger partial charge in [-0.05, 0) is 54.4 Å². The zero-order valence-electron chi connectivity index (χ0n) is 35.3. The molecule has 0 bridgehead atoms. The van der Waals surface area contributed by atoms with Crippen LogP contribution in [0.25, 0.3) is 0 Å². The van der Waals surface area contributed by atoms with E-state index in [1.165, 1.54) is 27.8 Å². The standard InChI is InChI=1S/C24BF20.C23H23O2S/c26-5-1(6(27)14(35)21(42)13(5)34)25(2-7(28)15(36)22(43)16(37)8(2)29,3-9(30)17(38)23(44)18(39)10(3)31)4-11(32)19(40)24(45)20(41)12(4)33;1-18-7-6-10-23(17-18)26(16-15-20-8-4-3-5-9-20)22-13-11-21(12-14-22)25-19(2)24/h;3-14,17H,15-16H2,1-2H3/q-1;+1. The monoisotopic (exact) mass is 1040 g/mol. The average molecular weight is 1040 g/mol. The van der Waals surface area contributed by atoms with Crippen molar-refractivity contribution in [1.29, 1.82) is 0 Å². The van der Waals surface area contributed by atoms with Crippen molar-refractivity contribution >= 4 is 44.9 Å². The molecule has 2 nitrogen and oxygen atoms in total. The highest BCUT2D eigenvalue weighted by atomic mass is 32.2. The summed E-state index contributed by atoms with van der Waals surface area (Å²) in [5.74, 6) is -70.0. The van der Waals surface area contributed by atoms with Crippen LogP contribution in [0.2, 0.25) is 0 Å². The predicted molar refractivity (Wildman–Crippen MR) is 217 cm³/mol. The molecule has 0 aliphatic carbocycles. The summed E-state index contributed by atoms with van der Waals surface area (Å²) in [6, 6.07) is 27.3. The molecule has 0 amide bonds. The minimum Gasteiger partial charge on any atom is -0.427 e. The highest BCUT2D eigenvalue weighted by molar-refractivity contribution is 7.97. The number of esters is 1. The van der Waals surface area contributed by atoms with Gasteiger partial charge in [-0.25, -0.2) is 87.8 Å². The minimum atomic E-state index is -7.22. The second-order valence-electron chi connectivity index (χ2n) is 15.0. The van der Waals surface area contributed by atoms with E-state index in [0.717, 1.165) is 12.2 Å². The van der Waals surface area contributed by atoms with Crippen molar-refractivity contribution in [3.63, 3.8) is 0 Å². The molecule has 24 heteroatoms. The molecular formula is C47H23BF20O2S. The molecular weight excluding hydrogens is 1020 g/mol. The van der Waals surface area contributed by atoms with Gasteiger partial charge in [0, 0.05) is 13.3 Å². The van der Waals surface area contributed by atoms with E-state index in [1.807, 2.05) is 12.1 Å². The Balaban J connectivity index is 0.000000268. The van der Waals surface area contributed by atoms with Gasteiger partial charge in [0.25, 0.3) is 0 Å². The summed E-state index contributed by atoms with van der Waals surface area (Å²) >= 11 is 0. The van der Waals surface area contributed by atoms with E-state index < -0.39 is 144 Å². The summed E-state index contributed by atoms with van der Waals surface area (Å²) in [5.41, 5.74) is -11.7. The molecule has 7 rings (SSSR count). The maximum atomic E-state index is 15.4. The Morgan fingerprint density at radius 1 is 0.408 bits per heavy atom. The topological polar surface area (TPSA) is 26.3 Å². The van der Waals surface area contributed by atoms with Crippen LogP contribution in [0.4, 0.5) is 87.8 Å². The van der Waals surface area contributed by atoms with Gasteiger partial charge in [0.05, 0.1) is 10.9 Å². The molecule has 71 heavy (non-hydrogen) atoms. The SMILES string of the molecule is CC(=O)Oc1ccc([S+](CCc2ccccc2)c2cccc(C)c2)cc1.Fc1c(F)c(F)c([B-](c2c(F)c(F)c(F)c(F)c2F)(c2c(F)c(F)c(F)c(F)c2F)c2c(F)c(F)c(F)c(F)c2F)c(F)c1F. The molecule has 0 heterocycles. The fourth-order valence-electron chi connectivity index (χ4n) is 7.72. The summed E-state index contributed by atoms with van der Waals surface area (Å²) in [5, 5.41) is 0. The number of rotatable bonds is 10. The summed E-state index contributed by atoms with van der Waals surface area (Å²) in [6.07, 6.45) is -6.19. The van der Waals surface area contributed by atoms with Crippen LogP contribution >= 0.6 is 0 Å². The zero-order chi connectivity index (χ0) is 52.7. The fraction of sp³-hybridized carbons (Fsp3) is 0.0851. The molecule has 7 aromatic carbocycles. The van der Waals surface area contributed by atoms with Gasteiger partial charge in [-0.1, -0.05) is 42.5 Å². The van der Waals surface area contributed by atoms with Crippen molar-refractivity contribution in [3.05, 3.63) is 206 Å². The quantitative estimate of drug-likeness (QED) is 0.0260. The van der Waals surface area contributed by atoms with Gasteiger partial charge in [0.1, 0.15) is 64.2 Å². The zero-order valence-corrected chi connectivity index (χ0v) is 36.1. The minimum absolute atomic E-state index is 0.0235. The van der Waals surface area contributed by atoms with Crippen LogP contribution in [-0.4, -0.2) is 17.9 Å². The second kappa shape index (κ2) is 20.8. The number of benzene rings is 7. The molecule has 372 valence electrons. The van der Waals surface area contributed by atoms with Crippen LogP contribution in [0.3, 0.4) is 0 Å². The summed E-state index contributed by atoms with van der Waals surface area (Å²) in [6.45, 7) is 3.55. The molecule has 0 radical (unpaired) electrons. The highest BCUT2D eigenvalue weighted by Gasteiger charge is 2.52. The van der Waals surface area contributed by atoms with Crippen molar-refractivity contribution in [2.45, 2.75) is 30.1 Å². The predicted octanol–water partition coefficient (Wildman–Crippen LogP) is 11.0. The third kappa shape index (κ3) is 9.40. The van der Waals surface area contributed by atoms with E-state index in [2.05, 4.69) is 73.7 Å². The molecule has 0 saturated heterocycles. The maximum Gasteiger partial charge on any atom is 0.308 e. The first kappa shape index (κ1) is 53.4. The van der Waals surface area contributed by atoms with E-state index in [9.17, 15) is 57.5 Å². The highest BCUT2D eigenvalue weighted by Crippen LogP contribution is 2.32. The second-order valence-corrected chi connectivity index (χ2v) is 17.1. The van der Waals surface area contributed by atoms with Gasteiger partial charge in [-0.3, -0.25) is 4.79 Å². The number of hydrogen-bond acceptors (Lipinski definition) is 2. The molecule has 0 fully saturated rings. The van der Waals surface area contributed by atoms with Gasteiger partial charge in [0.2, 0.25) is 0 Å². The first-order chi connectivity index (χ1) is 33.3. The molecule has 1 unspecified atom stereocenters. The smallest absolute Gasteiger partial charge is 0.308 e. The number of hydrogen-bond donors (Lipinski definition) is 0. The molecule has 7 aromatic rings. The fourth-order valence-corrected chi connectivity index (χ4v) is 9.94.